The lowest BCUT2D eigenvalue weighted by atomic mass is 10.1. The lowest BCUT2D eigenvalue weighted by Crippen LogP contribution is -2.42. The number of nitrogens with zero attached hydrogens (tertiary/aromatic N) is 4. The monoisotopic (exact) mass is 496 g/mol. The van der Waals surface area contributed by atoms with Gasteiger partial charge in [-0.15, -0.1) is 0 Å². The van der Waals surface area contributed by atoms with Crippen LogP contribution in [0.25, 0.3) is 11.3 Å². The molecule has 0 radical (unpaired) electrons. The quantitative estimate of drug-likeness (QED) is 0.325. The number of rotatable bonds is 10. The van der Waals surface area contributed by atoms with Gasteiger partial charge in [-0.3, -0.25) is 19.1 Å². The summed E-state index contributed by atoms with van der Waals surface area (Å²) in [7, 11) is 0. The zero-order valence-electron chi connectivity index (χ0n) is 20.6. The number of aryl methyl sites for hydroxylation is 1. The number of benzene rings is 1. The first-order valence-electron chi connectivity index (χ1n) is 11.7. The Kier molecular flexibility index (Phi) is 8.86. The molecule has 3 N–H and O–H groups in total. The number of aromatic nitrogens is 4. The van der Waals surface area contributed by atoms with Gasteiger partial charge in [-0.05, 0) is 25.3 Å². The maximum Gasteiger partial charge on any atom is 0.330 e. The molecule has 0 saturated heterocycles. The summed E-state index contributed by atoms with van der Waals surface area (Å²) in [6.45, 7) is 8.41. The molecular weight excluding hydrogens is 464 g/mol. The Morgan fingerprint density at radius 1 is 1.20 bits per heavy atom. The number of nitrogen functional groups attached to an aromatic ring is 1. The van der Waals surface area contributed by atoms with Crippen molar-refractivity contribution < 1.29 is 4.79 Å². The first-order chi connectivity index (χ1) is 16.7. The van der Waals surface area contributed by atoms with Crippen LogP contribution in [0.2, 0.25) is 0 Å². The second-order valence-electron chi connectivity index (χ2n) is 8.73. The Labute approximate surface area is 208 Å². The van der Waals surface area contributed by atoms with Crippen LogP contribution in [0, 0.1) is 12.8 Å². The molecule has 35 heavy (non-hydrogen) atoms. The van der Waals surface area contributed by atoms with E-state index in [9.17, 15) is 14.4 Å². The number of carbonyl (C=O) groups is 1. The molecule has 0 spiro atoms. The van der Waals surface area contributed by atoms with Crippen molar-refractivity contribution in [1.82, 2.24) is 19.5 Å². The van der Waals surface area contributed by atoms with Gasteiger partial charge < -0.3 is 10.6 Å². The molecular formula is C25H32N6O3S. The number of H-pyrrole nitrogens is 1. The SMILES string of the molecule is CCCCN(C(=O)CSc1nc(C)cc(-c2ccccc2)n1)c1c(N)n(CC(C)C)c(=O)[nH]c1=O. The van der Waals surface area contributed by atoms with E-state index in [2.05, 4.69) is 15.0 Å². The van der Waals surface area contributed by atoms with Gasteiger partial charge in [0.15, 0.2) is 10.8 Å². The number of thioether (sulfide) groups is 1. The van der Waals surface area contributed by atoms with Crippen LogP contribution in [0.1, 0.15) is 39.3 Å². The smallest absolute Gasteiger partial charge is 0.330 e. The Hall–Kier alpha value is -3.40. The summed E-state index contributed by atoms with van der Waals surface area (Å²) in [5, 5.41) is 0.472. The number of nitrogens with one attached hydrogen (secondary N) is 1. The van der Waals surface area contributed by atoms with Crippen LogP contribution >= 0.6 is 11.8 Å². The average molecular weight is 497 g/mol. The van der Waals surface area contributed by atoms with Gasteiger partial charge in [-0.2, -0.15) is 0 Å². The lowest BCUT2D eigenvalue weighted by Gasteiger charge is -2.24. The number of aromatic amines is 1. The maximum absolute atomic E-state index is 13.3. The molecule has 1 amide bonds. The van der Waals surface area contributed by atoms with Crippen molar-refractivity contribution >= 4 is 29.2 Å². The molecule has 0 atom stereocenters. The van der Waals surface area contributed by atoms with Crippen LogP contribution in [0.4, 0.5) is 11.5 Å². The fourth-order valence-electron chi connectivity index (χ4n) is 3.63. The standard InChI is InChI=1S/C25H32N6O3S/c1-5-6-12-30(21-22(26)31(14-16(2)3)25(34)29-23(21)33)20(32)15-35-24-27-17(4)13-19(28-24)18-10-8-7-9-11-18/h7-11,13,16H,5-6,12,14-15,26H2,1-4H3,(H,29,33,34). The fourth-order valence-corrected chi connectivity index (χ4v) is 4.41. The molecule has 3 rings (SSSR count). The van der Waals surface area contributed by atoms with Crippen molar-refractivity contribution in [2.75, 3.05) is 22.9 Å². The van der Waals surface area contributed by atoms with E-state index in [1.807, 2.05) is 64.1 Å². The topological polar surface area (TPSA) is 127 Å². The van der Waals surface area contributed by atoms with E-state index in [0.717, 1.165) is 23.4 Å². The number of amides is 1. The third-order valence-corrected chi connectivity index (χ3v) is 6.13. The summed E-state index contributed by atoms with van der Waals surface area (Å²) in [5.74, 6) is -0.160. The largest absolute Gasteiger partial charge is 0.383 e. The molecule has 10 heteroatoms. The minimum absolute atomic E-state index is 0.0000671. The number of unbranched alkanes of at least 4 members (excludes halogenated alkanes) is 1. The third-order valence-electron chi connectivity index (χ3n) is 5.30. The van der Waals surface area contributed by atoms with Crippen LogP contribution in [0.15, 0.2) is 51.1 Å². The number of hydrogen-bond acceptors (Lipinski definition) is 7. The Bertz CT molecular complexity index is 1290. The van der Waals surface area contributed by atoms with E-state index in [4.69, 9.17) is 5.73 Å². The molecule has 0 fully saturated rings. The van der Waals surface area contributed by atoms with Crippen molar-refractivity contribution in [2.24, 2.45) is 5.92 Å². The first kappa shape index (κ1) is 26.2. The normalized spacial score (nSPS) is 11.1. The van der Waals surface area contributed by atoms with Crippen molar-refractivity contribution in [2.45, 2.75) is 52.2 Å². The number of hydrogen-bond donors (Lipinski definition) is 2. The predicted molar refractivity (Wildman–Crippen MR) is 141 cm³/mol. The summed E-state index contributed by atoms with van der Waals surface area (Å²) in [5.41, 5.74) is 7.57. The summed E-state index contributed by atoms with van der Waals surface area (Å²) in [4.78, 5) is 51.2. The van der Waals surface area contributed by atoms with Gasteiger partial charge in [0.2, 0.25) is 5.91 Å². The van der Waals surface area contributed by atoms with Crippen molar-refractivity contribution in [3.05, 3.63) is 62.9 Å². The second kappa shape index (κ2) is 11.8. The Morgan fingerprint density at radius 3 is 2.57 bits per heavy atom. The highest BCUT2D eigenvalue weighted by molar-refractivity contribution is 7.99. The van der Waals surface area contributed by atoms with E-state index >= 15 is 0 Å². The molecule has 0 aliphatic carbocycles. The van der Waals surface area contributed by atoms with Gasteiger partial charge in [0.1, 0.15) is 5.82 Å². The molecule has 0 aliphatic rings. The van der Waals surface area contributed by atoms with Crippen LogP contribution < -0.4 is 21.9 Å². The Morgan fingerprint density at radius 2 is 1.91 bits per heavy atom. The molecule has 186 valence electrons. The van der Waals surface area contributed by atoms with Crippen LogP contribution in [0.5, 0.6) is 0 Å². The van der Waals surface area contributed by atoms with Crippen molar-refractivity contribution in [3.8, 4) is 11.3 Å². The second-order valence-corrected chi connectivity index (χ2v) is 9.67. The minimum Gasteiger partial charge on any atom is -0.383 e. The molecule has 3 aromatic rings. The number of carbonyl (C=O) groups excluding carboxylic acids is 1. The van der Waals surface area contributed by atoms with Gasteiger partial charge in [0.25, 0.3) is 5.56 Å². The fraction of sp³-hybridized carbons (Fsp3) is 0.400. The first-order valence-corrected chi connectivity index (χ1v) is 12.7. The van der Waals surface area contributed by atoms with Crippen LogP contribution in [0.3, 0.4) is 0 Å². The molecule has 0 bridgehead atoms. The maximum atomic E-state index is 13.3. The van der Waals surface area contributed by atoms with Crippen LogP contribution in [-0.4, -0.2) is 37.7 Å². The van der Waals surface area contributed by atoms with E-state index in [-0.39, 0.29) is 29.1 Å². The summed E-state index contributed by atoms with van der Waals surface area (Å²) >= 11 is 1.20. The predicted octanol–water partition coefficient (Wildman–Crippen LogP) is 3.47. The van der Waals surface area contributed by atoms with Gasteiger partial charge >= 0.3 is 5.69 Å². The van der Waals surface area contributed by atoms with E-state index in [1.165, 1.54) is 21.2 Å². The molecule has 1 aromatic carbocycles. The minimum atomic E-state index is -0.667. The zero-order chi connectivity index (χ0) is 25.5. The van der Waals surface area contributed by atoms with Gasteiger partial charge in [-0.1, -0.05) is 69.3 Å². The molecule has 2 aromatic heterocycles. The Balaban J connectivity index is 1.89. The van der Waals surface area contributed by atoms with E-state index in [1.54, 1.807) is 0 Å². The van der Waals surface area contributed by atoms with E-state index < -0.39 is 11.2 Å². The molecule has 0 aliphatic heterocycles. The number of nitrogens with two attached hydrogens (primary N) is 1. The lowest BCUT2D eigenvalue weighted by molar-refractivity contribution is -0.116. The van der Waals surface area contributed by atoms with Crippen LogP contribution in [-0.2, 0) is 11.3 Å². The highest BCUT2D eigenvalue weighted by Crippen LogP contribution is 2.24. The van der Waals surface area contributed by atoms with Gasteiger partial charge in [0.05, 0.1) is 11.4 Å². The van der Waals surface area contributed by atoms with E-state index in [0.29, 0.717) is 24.7 Å². The van der Waals surface area contributed by atoms with Crippen molar-refractivity contribution in [3.63, 3.8) is 0 Å². The summed E-state index contributed by atoms with van der Waals surface area (Å²) in [6.07, 6.45) is 1.50. The number of anilines is 2. The third kappa shape index (κ3) is 6.60. The summed E-state index contributed by atoms with van der Waals surface area (Å²) < 4.78 is 1.32. The molecule has 0 saturated carbocycles. The van der Waals surface area contributed by atoms with Gasteiger partial charge in [-0.25, -0.2) is 14.8 Å². The molecule has 0 unspecified atom stereocenters. The van der Waals surface area contributed by atoms with Gasteiger partial charge in [0, 0.05) is 24.3 Å². The van der Waals surface area contributed by atoms with Crippen molar-refractivity contribution in [1.29, 1.82) is 0 Å². The molecule has 9 nitrogen and oxygen atoms in total. The summed E-state index contributed by atoms with van der Waals surface area (Å²) in [6, 6.07) is 11.6. The zero-order valence-corrected chi connectivity index (χ0v) is 21.4. The molecule has 2 heterocycles. The average Bonchev–Trinajstić information content (AvgIpc) is 2.82. The highest BCUT2D eigenvalue weighted by atomic mass is 32.2. The highest BCUT2D eigenvalue weighted by Gasteiger charge is 2.24.